The van der Waals surface area contributed by atoms with Gasteiger partial charge in [-0.3, -0.25) is 4.68 Å². The van der Waals surface area contributed by atoms with E-state index in [0.717, 1.165) is 24.1 Å². The molecule has 0 unspecified atom stereocenters. The second-order valence-electron chi connectivity index (χ2n) is 4.22. The summed E-state index contributed by atoms with van der Waals surface area (Å²) in [6.45, 7) is 2.68. The molecule has 1 aromatic heterocycles. The Bertz CT molecular complexity index is 532. The predicted octanol–water partition coefficient (Wildman–Crippen LogP) is 2.58. The molecule has 2 aromatic rings. The molecule has 0 radical (unpaired) electrons. The number of aromatic carboxylic acids is 1. The second kappa shape index (κ2) is 5.49. The Labute approximate surface area is 106 Å². The van der Waals surface area contributed by atoms with Crippen LogP contribution < -0.4 is 0 Å². The van der Waals surface area contributed by atoms with Crippen molar-refractivity contribution >= 4 is 5.97 Å². The number of aromatic nitrogens is 2. The number of hydrogen-bond acceptors (Lipinski definition) is 2. The number of rotatable bonds is 5. The van der Waals surface area contributed by atoms with Crippen LogP contribution in [0.15, 0.2) is 36.4 Å². The molecule has 0 aliphatic rings. The third-order valence-electron chi connectivity index (χ3n) is 2.76. The fraction of sp³-hybridized carbons (Fsp3) is 0.286. The van der Waals surface area contributed by atoms with Gasteiger partial charge in [0, 0.05) is 5.69 Å². The molecule has 0 spiro atoms. The van der Waals surface area contributed by atoms with Gasteiger partial charge >= 0.3 is 5.97 Å². The quantitative estimate of drug-likeness (QED) is 0.879. The zero-order valence-corrected chi connectivity index (χ0v) is 10.3. The lowest BCUT2D eigenvalue weighted by Gasteiger charge is -2.06. The van der Waals surface area contributed by atoms with Crippen LogP contribution in [0.3, 0.4) is 0 Å². The molecule has 0 fully saturated rings. The zero-order chi connectivity index (χ0) is 13.0. The topological polar surface area (TPSA) is 55.1 Å². The van der Waals surface area contributed by atoms with Gasteiger partial charge in [-0.25, -0.2) is 4.79 Å². The average molecular weight is 244 g/mol. The van der Waals surface area contributed by atoms with Crippen molar-refractivity contribution in [2.24, 2.45) is 0 Å². The van der Waals surface area contributed by atoms with E-state index in [9.17, 15) is 4.79 Å². The Morgan fingerprint density at radius 1 is 1.33 bits per heavy atom. The van der Waals surface area contributed by atoms with Crippen LogP contribution >= 0.6 is 0 Å². The summed E-state index contributed by atoms with van der Waals surface area (Å²) in [6.07, 6.45) is 1.81. The molecular formula is C14H16N2O2. The molecule has 4 heteroatoms. The van der Waals surface area contributed by atoms with E-state index in [0.29, 0.717) is 6.54 Å². The van der Waals surface area contributed by atoms with Crippen molar-refractivity contribution in [1.29, 1.82) is 0 Å². The van der Waals surface area contributed by atoms with Crippen molar-refractivity contribution in [3.05, 3.63) is 53.3 Å². The largest absolute Gasteiger partial charge is 0.476 e. The van der Waals surface area contributed by atoms with Crippen LogP contribution in [0, 0.1) is 0 Å². The first-order valence-electron chi connectivity index (χ1n) is 6.04. The Kier molecular flexibility index (Phi) is 3.77. The summed E-state index contributed by atoms with van der Waals surface area (Å²) in [5.41, 5.74) is 2.21. The molecule has 0 saturated heterocycles. The van der Waals surface area contributed by atoms with E-state index in [-0.39, 0.29) is 5.69 Å². The molecule has 1 heterocycles. The van der Waals surface area contributed by atoms with Crippen LogP contribution in [-0.2, 0) is 13.0 Å². The van der Waals surface area contributed by atoms with Gasteiger partial charge in [0.15, 0.2) is 5.69 Å². The van der Waals surface area contributed by atoms with Crippen LogP contribution in [0.2, 0.25) is 0 Å². The lowest BCUT2D eigenvalue weighted by Crippen LogP contribution is -2.07. The highest BCUT2D eigenvalue weighted by molar-refractivity contribution is 5.85. The van der Waals surface area contributed by atoms with Crippen LogP contribution in [-0.4, -0.2) is 20.9 Å². The maximum absolute atomic E-state index is 10.9. The van der Waals surface area contributed by atoms with Gasteiger partial charge in [-0.15, -0.1) is 0 Å². The fourth-order valence-electron chi connectivity index (χ4n) is 1.91. The smallest absolute Gasteiger partial charge is 0.356 e. The molecule has 0 amide bonds. The Morgan fingerprint density at radius 2 is 2.06 bits per heavy atom. The number of carboxylic acids is 1. The van der Waals surface area contributed by atoms with Crippen LogP contribution in [0.1, 0.15) is 35.1 Å². The maximum Gasteiger partial charge on any atom is 0.356 e. The van der Waals surface area contributed by atoms with Crippen molar-refractivity contribution in [1.82, 2.24) is 9.78 Å². The maximum atomic E-state index is 10.9. The summed E-state index contributed by atoms with van der Waals surface area (Å²) in [5.74, 6) is -0.973. The third-order valence-corrected chi connectivity index (χ3v) is 2.76. The predicted molar refractivity (Wildman–Crippen MR) is 68.7 cm³/mol. The van der Waals surface area contributed by atoms with Crippen molar-refractivity contribution in [2.45, 2.75) is 26.3 Å². The number of carbonyl (C=O) groups is 1. The summed E-state index contributed by atoms with van der Waals surface area (Å²) < 4.78 is 1.78. The number of aryl methyl sites for hydroxylation is 1. The molecule has 4 nitrogen and oxygen atoms in total. The molecule has 2 rings (SSSR count). The van der Waals surface area contributed by atoms with Crippen molar-refractivity contribution < 1.29 is 9.90 Å². The first-order chi connectivity index (χ1) is 8.70. The Balaban J connectivity index is 2.28. The van der Waals surface area contributed by atoms with Crippen molar-refractivity contribution in [3.63, 3.8) is 0 Å². The third kappa shape index (κ3) is 2.77. The van der Waals surface area contributed by atoms with Gasteiger partial charge in [0.05, 0.1) is 6.54 Å². The lowest BCUT2D eigenvalue weighted by atomic mass is 10.2. The summed E-state index contributed by atoms with van der Waals surface area (Å²) in [5, 5.41) is 13.1. The highest BCUT2D eigenvalue weighted by Gasteiger charge is 2.12. The normalized spacial score (nSPS) is 10.5. The van der Waals surface area contributed by atoms with Gasteiger partial charge in [0.25, 0.3) is 0 Å². The van der Waals surface area contributed by atoms with Crippen LogP contribution in [0.5, 0.6) is 0 Å². The summed E-state index contributed by atoms with van der Waals surface area (Å²) in [4.78, 5) is 10.9. The van der Waals surface area contributed by atoms with Gasteiger partial charge < -0.3 is 5.11 Å². The van der Waals surface area contributed by atoms with E-state index in [1.807, 2.05) is 30.3 Å². The first-order valence-corrected chi connectivity index (χ1v) is 6.04. The van der Waals surface area contributed by atoms with Gasteiger partial charge in [-0.2, -0.15) is 5.10 Å². The molecule has 0 aliphatic heterocycles. The molecule has 1 N–H and O–H groups in total. The summed E-state index contributed by atoms with van der Waals surface area (Å²) in [6, 6.07) is 11.6. The highest BCUT2D eigenvalue weighted by atomic mass is 16.4. The molecule has 18 heavy (non-hydrogen) atoms. The number of carboxylic acid groups (broad SMARTS) is 1. The minimum Gasteiger partial charge on any atom is -0.476 e. The SMILES string of the molecule is CCCc1cc(C(=O)O)nn1Cc1ccccc1. The average Bonchev–Trinajstić information content (AvgIpc) is 2.75. The lowest BCUT2D eigenvalue weighted by molar-refractivity contribution is 0.0689. The highest BCUT2D eigenvalue weighted by Crippen LogP contribution is 2.10. The van der Waals surface area contributed by atoms with Gasteiger partial charge in [0.1, 0.15) is 0 Å². The number of hydrogen-bond donors (Lipinski definition) is 1. The van der Waals surface area contributed by atoms with E-state index in [1.54, 1.807) is 10.7 Å². The molecule has 1 aromatic carbocycles. The Hall–Kier alpha value is -2.10. The van der Waals surface area contributed by atoms with E-state index < -0.39 is 5.97 Å². The molecule has 0 atom stereocenters. The first kappa shape index (κ1) is 12.4. The minimum atomic E-state index is -0.973. The molecule has 0 saturated carbocycles. The van der Waals surface area contributed by atoms with E-state index in [1.165, 1.54) is 0 Å². The molecule has 94 valence electrons. The van der Waals surface area contributed by atoms with Crippen molar-refractivity contribution in [3.8, 4) is 0 Å². The summed E-state index contributed by atoms with van der Waals surface area (Å²) in [7, 11) is 0. The van der Waals surface area contributed by atoms with E-state index in [4.69, 9.17) is 5.11 Å². The van der Waals surface area contributed by atoms with Crippen LogP contribution in [0.4, 0.5) is 0 Å². The molecule has 0 bridgehead atoms. The standard InChI is InChI=1S/C14H16N2O2/c1-2-6-12-9-13(14(17)18)15-16(12)10-11-7-4-3-5-8-11/h3-5,7-9H,2,6,10H2,1H3,(H,17,18). The number of benzene rings is 1. The van der Waals surface area contributed by atoms with Crippen LogP contribution in [0.25, 0.3) is 0 Å². The monoisotopic (exact) mass is 244 g/mol. The molecular weight excluding hydrogens is 228 g/mol. The van der Waals surface area contributed by atoms with Gasteiger partial charge in [0.2, 0.25) is 0 Å². The van der Waals surface area contributed by atoms with Crippen molar-refractivity contribution in [2.75, 3.05) is 0 Å². The fourth-order valence-corrected chi connectivity index (χ4v) is 1.91. The molecule has 0 aliphatic carbocycles. The van der Waals surface area contributed by atoms with Gasteiger partial charge in [-0.1, -0.05) is 43.7 Å². The zero-order valence-electron chi connectivity index (χ0n) is 10.3. The Morgan fingerprint density at radius 3 is 2.67 bits per heavy atom. The second-order valence-corrected chi connectivity index (χ2v) is 4.22. The van der Waals surface area contributed by atoms with E-state index in [2.05, 4.69) is 12.0 Å². The van der Waals surface area contributed by atoms with Gasteiger partial charge in [-0.05, 0) is 18.1 Å². The summed E-state index contributed by atoms with van der Waals surface area (Å²) >= 11 is 0. The minimum absolute atomic E-state index is 0.120. The van der Waals surface area contributed by atoms with E-state index >= 15 is 0 Å². The number of nitrogens with zero attached hydrogens (tertiary/aromatic N) is 2.